The van der Waals surface area contributed by atoms with Gasteiger partial charge in [-0.25, -0.2) is 4.39 Å². The molecule has 0 aliphatic heterocycles. The van der Waals surface area contributed by atoms with Crippen molar-refractivity contribution in [1.82, 2.24) is 5.32 Å². The smallest absolute Gasteiger partial charge is 0.254 e. The molecule has 1 fully saturated rings. The molecule has 2 rings (SSSR count). The number of hydrogen-bond donors (Lipinski definition) is 1. The Hall–Kier alpha value is -0.900. The number of alkyl halides is 1. The average Bonchev–Trinajstić information content (AvgIpc) is 2.24. The monoisotopic (exact) mass is 285 g/mol. The zero-order chi connectivity index (χ0) is 11.6. The summed E-state index contributed by atoms with van der Waals surface area (Å²) in [6.45, 7) is 0. The molecule has 86 valence electrons. The van der Waals surface area contributed by atoms with Crippen LogP contribution in [0.2, 0.25) is 0 Å². The van der Waals surface area contributed by atoms with E-state index >= 15 is 0 Å². The van der Waals surface area contributed by atoms with Crippen molar-refractivity contribution in [3.05, 3.63) is 35.6 Å². The van der Waals surface area contributed by atoms with Crippen LogP contribution in [-0.4, -0.2) is 16.8 Å². The zero-order valence-electron chi connectivity index (χ0n) is 8.80. The van der Waals surface area contributed by atoms with Crippen LogP contribution in [0.25, 0.3) is 0 Å². The molecule has 2 nitrogen and oxygen atoms in total. The van der Waals surface area contributed by atoms with E-state index in [0.29, 0.717) is 0 Å². The average molecular weight is 286 g/mol. The lowest BCUT2D eigenvalue weighted by Gasteiger charge is -2.41. The lowest BCUT2D eigenvalue weighted by atomic mass is 9.78. The molecule has 16 heavy (non-hydrogen) atoms. The summed E-state index contributed by atoms with van der Waals surface area (Å²) >= 11 is 3.39. The summed E-state index contributed by atoms with van der Waals surface area (Å²) in [6.07, 6.45) is 3.03. The van der Waals surface area contributed by atoms with Crippen LogP contribution in [0.4, 0.5) is 4.39 Å². The fraction of sp³-hybridized carbons (Fsp3) is 0.417. The fourth-order valence-corrected chi connectivity index (χ4v) is 2.55. The largest absolute Gasteiger partial charge is 0.346 e. The SMILES string of the molecule is O=C(NC1(CBr)CCC1)c1ccccc1F. The Balaban J connectivity index is 2.11. The van der Waals surface area contributed by atoms with Gasteiger partial charge in [-0.05, 0) is 31.4 Å². The van der Waals surface area contributed by atoms with Crippen LogP contribution in [0.3, 0.4) is 0 Å². The molecule has 1 aromatic rings. The van der Waals surface area contributed by atoms with Crippen LogP contribution < -0.4 is 5.32 Å². The Morgan fingerprint density at radius 3 is 2.62 bits per heavy atom. The molecule has 1 aliphatic rings. The molecule has 1 aliphatic carbocycles. The van der Waals surface area contributed by atoms with Gasteiger partial charge in [-0.3, -0.25) is 4.79 Å². The minimum absolute atomic E-state index is 0.120. The molecular weight excluding hydrogens is 273 g/mol. The standard InChI is InChI=1S/C12H13BrFNO/c13-8-12(6-3-7-12)15-11(16)9-4-1-2-5-10(9)14/h1-2,4-5H,3,6-8H2,(H,15,16). The van der Waals surface area contributed by atoms with Crippen molar-refractivity contribution in [1.29, 1.82) is 0 Å². The summed E-state index contributed by atoms with van der Waals surface area (Å²) in [5.74, 6) is -0.790. The maximum atomic E-state index is 13.4. The summed E-state index contributed by atoms with van der Waals surface area (Å²) in [5, 5.41) is 3.63. The molecule has 1 amide bonds. The highest BCUT2D eigenvalue weighted by atomic mass is 79.9. The Bertz CT molecular complexity index is 398. The van der Waals surface area contributed by atoms with Crippen molar-refractivity contribution in [3.8, 4) is 0 Å². The van der Waals surface area contributed by atoms with E-state index in [2.05, 4.69) is 21.2 Å². The molecule has 0 saturated heterocycles. The van der Waals surface area contributed by atoms with Gasteiger partial charge in [0.2, 0.25) is 0 Å². The molecule has 0 heterocycles. The van der Waals surface area contributed by atoms with Crippen LogP contribution in [0, 0.1) is 5.82 Å². The van der Waals surface area contributed by atoms with Crippen LogP contribution in [-0.2, 0) is 0 Å². The van der Waals surface area contributed by atoms with Crippen LogP contribution in [0.15, 0.2) is 24.3 Å². The topological polar surface area (TPSA) is 29.1 Å². The molecular formula is C12H13BrFNO. The maximum absolute atomic E-state index is 13.4. The molecule has 1 saturated carbocycles. The lowest BCUT2D eigenvalue weighted by Crippen LogP contribution is -2.55. The van der Waals surface area contributed by atoms with Gasteiger partial charge in [-0.15, -0.1) is 0 Å². The van der Waals surface area contributed by atoms with E-state index in [1.807, 2.05) is 0 Å². The first kappa shape index (κ1) is 11.6. The predicted molar refractivity (Wildman–Crippen MR) is 64.2 cm³/mol. The van der Waals surface area contributed by atoms with E-state index < -0.39 is 5.82 Å². The minimum atomic E-state index is -0.468. The molecule has 0 spiro atoms. The summed E-state index contributed by atoms with van der Waals surface area (Å²) in [7, 11) is 0. The molecule has 1 aromatic carbocycles. The number of nitrogens with one attached hydrogen (secondary N) is 1. The number of amides is 1. The van der Waals surface area contributed by atoms with Gasteiger partial charge in [0.15, 0.2) is 0 Å². The molecule has 0 aromatic heterocycles. The molecule has 0 bridgehead atoms. The molecule has 0 unspecified atom stereocenters. The van der Waals surface area contributed by atoms with Gasteiger partial charge in [-0.2, -0.15) is 0 Å². The van der Waals surface area contributed by atoms with Gasteiger partial charge in [0.25, 0.3) is 5.91 Å². The number of carbonyl (C=O) groups excluding carboxylic acids is 1. The first-order chi connectivity index (χ1) is 7.67. The third kappa shape index (κ3) is 2.12. The Kier molecular flexibility index (Phi) is 3.28. The van der Waals surface area contributed by atoms with E-state index in [9.17, 15) is 9.18 Å². The van der Waals surface area contributed by atoms with E-state index in [-0.39, 0.29) is 17.0 Å². The zero-order valence-corrected chi connectivity index (χ0v) is 10.4. The second kappa shape index (κ2) is 4.53. The van der Waals surface area contributed by atoms with Crippen molar-refractivity contribution < 1.29 is 9.18 Å². The van der Waals surface area contributed by atoms with Gasteiger partial charge in [0, 0.05) is 5.33 Å². The van der Waals surface area contributed by atoms with Crippen molar-refractivity contribution in [2.75, 3.05) is 5.33 Å². The first-order valence-corrected chi connectivity index (χ1v) is 6.42. The van der Waals surface area contributed by atoms with Gasteiger partial charge in [0.05, 0.1) is 11.1 Å². The second-order valence-corrected chi connectivity index (χ2v) is 4.76. The Labute approximate surface area is 102 Å². The van der Waals surface area contributed by atoms with Crippen molar-refractivity contribution >= 4 is 21.8 Å². The van der Waals surface area contributed by atoms with E-state index in [4.69, 9.17) is 0 Å². The number of benzene rings is 1. The summed E-state index contributed by atoms with van der Waals surface area (Å²) in [6, 6.07) is 6.05. The first-order valence-electron chi connectivity index (χ1n) is 5.30. The lowest BCUT2D eigenvalue weighted by molar-refractivity contribution is 0.0852. The molecule has 1 N–H and O–H groups in total. The second-order valence-electron chi connectivity index (χ2n) is 4.20. The van der Waals surface area contributed by atoms with Crippen molar-refractivity contribution in [3.63, 3.8) is 0 Å². The normalized spacial score (nSPS) is 17.6. The number of carbonyl (C=O) groups is 1. The highest BCUT2D eigenvalue weighted by molar-refractivity contribution is 9.09. The van der Waals surface area contributed by atoms with E-state index in [1.165, 1.54) is 12.1 Å². The molecule has 0 atom stereocenters. The summed E-state index contributed by atoms with van der Waals surface area (Å²) in [5.41, 5.74) is -0.0472. The van der Waals surface area contributed by atoms with Gasteiger partial charge < -0.3 is 5.32 Å². The third-order valence-corrected chi connectivity index (χ3v) is 4.14. The van der Waals surface area contributed by atoms with E-state index in [0.717, 1.165) is 24.6 Å². The number of rotatable bonds is 3. The molecule has 4 heteroatoms. The number of hydrogen-bond acceptors (Lipinski definition) is 1. The third-order valence-electron chi connectivity index (χ3n) is 3.06. The number of halogens is 2. The van der Waals surface area contributed by atoms with Gasteiger partial charge in [-0.1, -0.05) is 28.1 Å². The summed E-state index contributed by atoms with van der Waals surface area (Å²) in [4.78, 5) is 11.9. The van der Waals surface area contributed by atoms with Crippen molar-refractivity contribution in [2.24, 2.45) is 0 Å². The molecule has 0 radical (unpaired) electrons. The predicted octanol–water partition coefficient (Wildman–Crippen LogP) is 2.87. The quantitative estimate of drug-likeness (QED) is 0.850. The fourth-order valence-electron chi connectivity index (χ4n) is 1.85. The Morgan fingerprint density at radius 2 is 2.12 bits per heavy atom. The van der Waals surface area contributed by atoms with Crippen LogP contribution in [0.5, 0.6) is 0 Å². The minimum Gasteiger partial charge on any atom is -0.346 e. The van der Waals surface area contributed by atoms with Crippen molar-refractivity contribution in [2.45, 2.75) is 24.8 Å². The Morgan fingerprint density at radius 1 is 1.44 bits per heavy atom. The van der Waals surface area contributed by atoms with Crippen LogP contribution in [0.1, 0.15) is 29.6 Å². The van der Waals surface area contributed by atoms with E-state index in [1.54, 1.807) is 12.1 Å². The van der Waals surface area contributed by atoms with Crippen LogP contribution >= 0.6 is 15.9 Å². The maximum Gasteiger partial charge on any atom is 0.254 e. The van der Waals surface area contributed by atoms with Gasteiger partial charge >= 0.3 is 0 Å². The highest BCUT2D eigenvalue weighted by Crippen LogP contribution is 2.33. The van der Waals surface area contributed by atoms with Gasteiger partial charge in [0.1, 0.15) is 5.82 Å². The summed E-state index contributed by atoms with van der Waals surface area (Å²) < 4.78 is 13.4. The highest BCUT2D eigenvalue weighted by Gasteiger charge is 2.37.